The monoisotopic (exact) mass is 396 g/mol. The Labute approximate surface area is 170 Å². The normalized spacial score (nSPS) is 20.3. The number of likely N-dealkylation sites (tertiary alicyclic amines) is 1. The summed E-state index contributed by atoms with van der Waals surface area (Å²) >= 11 is 0. The minimum absolute atomic E-state index is 0.0275. The zero-order valence-corrected chi connectivity index (χ0v) is 17.1. The lowest BCUT2D eigenvalue weighted by molar-refractivity contribution is -0.136. The van der Waals surface area contributed by atoms with E-state index in [1.54, 1.807) is 17.8 Å². The molecule has 2 atom stereocenters. The second-order valence-corrected chi connectivity index (χ2v) is 8.06. The van der Waals surface area contributed by atoms with E-state index in [9.17, 15) is 9.59 Å². The maximum Gasteiger partial charge on any atom is 0.227 e. The first-order valence-electron chi connectivity index (χ1n) is 10.4. The van der Waals surface area contributed by atoms with Gasteiger partial charge in [-0.2, -0.15) is 5.10 Å². The van der Waals surface area contributed by atoms with E-state index in [-0.39, 0.29) is 23.8 Å². The van der Waals surface area contributed by atoms with Crippen LogP contribution in [0.2, 0.25) is 0 Å². The number of nitrogens with zero attached hydrogens (tertiary/aromatic N) is 6. The predicted octanol–water partition coefficient (Wildman–Crippen LogP) is 1.97. The highest BCUT2D eigenvalue weighted by Crippen LogP contribution is 2.30. The first-order chi connectivity index (χ1) is 14.0. The topological polar surface area (TPSA) is 84.2 Å². The van der Waals surface area contributed by atoms with Crippen molar-refractivity contribution in [2.75, 3.05) is 13.1 Å². The maximum atomic E-state index is 12.9. The molecule has 1 saturated heterocycles. The van der Waals surface area contributed by atoms with Crippen molar-refractivity contribution in [2.45, 2.75) is 58.7 Å². The standard InChI is InChI=1S/C21H28N6O2/c1-15(13-26-9-5-8-23-26)21(29)25-11-7-18-17(14-25)12-22-20(24-18)19-6-3-4-10-27(19)16(2)28/h5,8-9,12,15,19H,3-4,6-7,10-11,13-14H2,1-2H3/t15-,19+/m1/s1. The summed E-state index contributed by atoms with van der Waals surface area (Å²) in [7, 11) is 0. The first kappa shape index (κ1) is 19.5. The molecule has 2 amide bonds. The van der Waals surface area contributed by atoms with Gasteiger partial charge in [-0.05, 0) is 25.3 Å². The van der Waals surface area contributed by atoms with Crippen molar-refractivity contribution < 1.29 is 9.59 Å². The molecule has 0 bridgehead atoms. The Balaban J connectivity index is 1.45. The summed E-state index contributed by atoms with van der Waals surface area (Å²) in [5.41, 5.74) is 2.01. The van der Waals surface area contributed by atoms with Gasteiger partial charge in [-0.15, -0.1) is 0 Å². The molecule has 0 N–H and O–H groups in total. The van der Waals surface area contributed by atoms with E-state index in [2.05, 4.69) is 10.1 Å². The van der Waals surface area contributed by atoms with E-state index in [0.29, 0.717) is 19.6 Å². The van der Waals surface area contributed by atoms with Crippen molar-refractivity contribution >= 4 is 11.8 Å². The molecule has 154 valence electrons. The number of aromatic nitrogens is 4. The molecule has 2 aliphatic heterocycles. The molecule has 2 aliphatic rings. The summed E-state index contributed by atoms with van der Waals surface area (Å²) in [5.74, 6) is 0.817. The van der Waals surface area contributed by atoms with Crippen LogP contribution in [0.5, 0.6) is 0 Å². The number of carbonyl (C=O) groups is 2. The van der Waals surface area contributed by atoms with E-state index in [1.165, 1.54) is 0 Å². The third-order valence-electron chi connectivity index (χ3n) is 5.91. The van der Waals surface area contributed by atoms with Gasteiger partial charge in [-0.3, -0.25) is 14.3 Å². The van der Waals surface area contributed by atoms with Gasteiger partial charge in [-0.25, -0.2) is 9.97 Å². The number of hydrogen-bond acceptors (Lipinski definition) is 5. The van der Waals surface area contributed by atoms with Crippen LogP contribution in [-0.2, 0) is 29.1 Å². The van der Waals surface area contributed by atoms with Crippen LogP contribution in [0.15, 0.2) is 24.7 Å². The van der Waals surface area contributed by atoms with Gasteiger partial charge in [0.05, 0.1) is 24.2 Å². The second-order valence-electron chi connectivity index (χ2n) is 8.06. The smallest absolute Gasteiger partial charge is 0.227 e. The van der Waals surface area contributed by atoms with E-state index in [4.69, 9.17) is 4.98 Å². The molecule has 8 nitrogen and oxygen atoms in total. The van der Waals surface area contributed by atoms with Crippen LogP contribution in [0.3, 0.4) is 0 Å². The van der Waals surface area contributed by atoms with Crippen molar-refractivity contribution in [1.82, 2.24) is 29.5 Å². The fraction of sp³-hybridized carbons (Fsp3) is 0.571. The van der Waals surface area contributed by atoms with Crippen molar-refractivity contribution in [1.29, 1.82) is 0 Å². The molecule has 0 radical (unpaired) electrons. The Bertz CT molecular complexity index is 881. The van der Waals surface area contributed by atoms with Crippen molar-refractivity contribution in [3.8, 4) is 0 Å². The SMILES string of the molecule is CC(=O)N1CCCC[C@H]1c1ncc2c(n1)CCN(C(=O)[C@H](C)Cn1cccn1)C2. The van der Waals surface area contributed by atoms with Crippen molar-refractivity contribution in [2.24, 2.45) is 5.92 Å². The minimum Gasteiger partial charge on any atom is -0.338 e. The summed E-state index contributed by atoms with van der Waals surface area (Å²) in [6.07, 6.45) is 9.21. The molecule has 0 unspecified atom stereocenters. The van der Waals surface area contributed by atoms with Crippen LogP contribution in [0.4, 0.5) is 0 Å². The van der Waals surface area contributed by atoms with Gasteiger partial charge >= 0.3 is 0 Å². The number of fused-ring (bicyclic) bond motifs is 1. The van der Waals surface area contributed by atoms with Gasteiger partial charge in [-0.1, -0.05) is 6.92 Å². The highest BCUT2D eigenvalue weighted by molar-refractivity contribution is 5.78. The zero-order chi connectivity index (χ0) is 20.4. The summed E-state index contributed by atoms with van der Waals surface area (Å²) in [6.45, 7) is 6.11. The molecule has 2 aromatic rings. The lowest BCUT2D eigenvalue weighted by Gasteiger charge is -2.35. The van der Waals surface area contributed by atoms with Gasteiger partial charge < -0.3 is 9.80 Å². The summed E-state index contributed by atoms with van der Waals surface area (Å²) in [5, 5.41) is 4.19. The molecular weight excluding hydrogens is 368 g/mol. The first-order valence-corrected chi connectivity index (χ1v) is 10.4. The van der Waals surface area contributed by atoms with Crippen LogP contribution < -0.4 is 0 Å². The fourth-order valence-corrected chi connectivity index (χ4v) is 4.34. The third kappa shape index (κ3) is 4.16. The van der Waals surface area contributed by atoms with Gasteiger partial charge in [0.25, 0.3) is 0 Å². The predicted molar refractivity (Wildman–Crippen MR) is 107 cm³/mol. The second kappa shape index (κ2) is 8.31. The molecule has 29 heavy (non-hydrogen) atoms. The number of hydrogen-bond donors (Lipinski definition) is 0. The van der Waals surface area contributed by atoms with Gasteiger partial charge in [0.2, 0.25) is 11.8 Å². The third-order valence-corrected chi connectivity index (χ3v) is 5.91. The quantitative estimate of drug-likeness (QED) is 0.789. The lowest BCUT2D eigenvalue weighted by Crippen LogP contribution is -2.41. The maximum absolute atomic E-state index is 12.9. The van der Waals surface area contributed by atoms with E-state index < -0.39 is 0 Å². The number of carbonyl (C=O) groups excluding carboxylic acids is 2. The fourth-order valence-electron chi connectivity index (χ4n) is 4.34. The van der Waals surface area contributed by atoms with Crippen LogP contribution in [-0.4, -0.2) is 54.5 Å². The Morgan fingerprint density at radius 2 is 2.14 bits per heavy atom. The summed E-state index contributed by atoms with van der Waals surface area (Å²) in [6, 6.07) is 1.84. The lowest BCUT2D eigenvalue weighted by atomic mass is 10.00. The van der Waals surface area contributed by atoms with Crippen molar-refractivity contribution in [3.63, 3.8) is 0 Å². The largest absolute Gasteiger partial charge is 0.338 e. The van der Waals surface area contributed by atoms with Gasteiger partial charge in [0.1, 0.15) is 0 Å². The molecule has 2 aromatic heterocycles. The molecule has 8 heteroatoms. The molecule has 0 saturated carbocycles. The van der Waals surface area contributed by atoms with Crippen LogP contribution in [0.1, 0.15) is 56.2 Å². The summed E-state index contributed by atoms with van der Waals surface area (Å²) < 4.78 is 1.79. The Kier molecular flexibility index (Phi) is 5.60. The summed E-state index contributed by atoms with van der Waals surface area (Å²) in [4.78, 5) is 38.0. The van der Waals surface area contributed by atoms with Crippen LogP contribution in [0.25, 0.3) is 0 Å². The highest BCUT2D eigenvalue weighted by atomic mass is 16.2. The number of amides is 2. The molecule has 4 heterocycles. The minimum atomic E-state index is -0.136. The van der Waals surface area contributed by atoms with E-state index in [1.807, 2.05) is 35.2 Å². The van der Waals surface area contributed by atoms with Gasteiger partial charge in [0, 0.05) is 57.1 Å². The van der Waals surface area contributed by atoms with Crippen LogP contribution >= 0.6 is 0 Å². The zero-order valence-electron chi connectivity index (χ0n) is 17.1. The van der Waals surface area contributed by atoms with E-state index >= 15 is 0 Å². The highest BCUT2D eigenvalue weighted by Gasteiger charge is 2.30. The molecule has 1 fully saturated rings. The van der Waals surface area contributed by atoms with Crippen LogP contribution in [0, 0.1) is 5.92 Å². The molecule has 0 aromatic carbocycles. The van der Waals surface area contributed by atoms with E-state index in [0.717, 1.165) is 49.3 Å². The van der Waals surface area contributed by atoms with Gasteiger partial charge in [0.15, 0.2) is 5.82 Å². The molecule has 0 spiro atoms. The average molecular weight is 396 g/mol. The Morgan fingerprint density at radius 3 is 2.90 bits per heavy atom. The molecular formula is C21H28N6O2. The Hall–Kier alpha value is -2.77. The molecule has 4 rings (SSSR count). The number of rotatable bonds is 4. The Morgan fingerprint density at radius 1 is 1.28 bits per heavy atom. The average Bonchev–Trinajstić information content (AvgIpc) is 3.25. The molecule has 0 aliphatic carbocycles. The number of piperidine rings is 1. The van der Waals surface area contributed by atoms with Crippen molar-refractivity contribution in [3.05, 3.63) is 41.7 Å².